The molecule has 8 nitrogen and oxygen atoms in total. The lowest BCUT2D eigenvalue weighted by Crippen LogP contribution is -2.43. The molecule has 36 heavy (non-hydrogen) atoms. The molecule has 1 aromatic carbocycles. The second-order valence-corrected chi connectivity index (χ2v) is 10.4. The van der Waals surface area contributed by atoms with Crippen LogP contribution in [0.1, 0.15) is 59.6 Å². The number of carbonyl (C=O) groups is 1. The molecule has 0 spiro atoms. The molecule has 2 N–H and O–H groups in total. The number of halogens is 1. The zero-order chi connectivity index (χ0) is 27.4. The summed E-state index contributed by atoms with van der Waals surface area (Å²) >= 11 is 7.33. The Morgan fingerprint density at radius 3 is 2.25 bits per heavy atom. The molecular weight excluding hydrogens is 496 g/mol. The highest BCUT2D eigenvalue weighted by Gasteiger charge is 2.24. The van der Waals surface area contributed by atoms with E-state index in [1.54, 1.807) is 23.8 Å². The Balaban J connectivity index is 0.000000362. The van der Waals surface area contributed by atoms with E-state index in [4.69, 9.17) is 22.1 Å². The second-order valence-electron chi connectivity index (χ2n) is 8.94. The van der Waals surface area contributed by atoms with E-state index in [0.29, 0.717) is 29.8 Å². The van der Waals surface area contributed by atoms with Crippen LogP contribution >= 0.6 is 23.4 Å². The Morgan fingerprint density at radius 2 is 1.75 bits per heavy atom. The maximum atomic E-state index is 12.2. The maximum absolute atomic E-state index is 12.2. The number of ether oxygens (including phenoxy) is 1. The van der Waals surface area contributed by atoms with E-state index in [0.717, 1.165) is 29.0 Å². The smallest absolute Gasteiger partial charge is 0.242 e. The number of nitrogens with zero attached hydrogens (tertiary/aromatic N) is 5. The molecule has 0 aliphatic carbocycles. The van der Waals surface area contributed by atoms with E-state index in [1.807, 2.05) is 26.0 Å². The Morgan fingerprint density at radius 1 is 1.11 bits per heavy atom. The van der Waals surface area contributed by atoms with Crippen LogP contribution in [-0.4, -0.2) is 64.3 Å². The molecule has 1 unspecified atom stereocenters. The maximum Gasteiger partial charge on any atom is 0.242 e. The van der Waals surface area contributed by atoms with E-state index >= 15 is 0 Å². The van der Waals surface area contributed by atoms with Crippen molar-refractivity contribution < 1.29 is 9.53 Å². The van der Waals surface area contributed by atoms with Gasteiger partial charge in [-0.1, -0.05) is 43.8 Å². The molecule has 0 radical (unpaired) electrons. The summed E-state index contributed by atoms with van der Waals surface area (Å²) in [5.41, 5.74) is 8.94. The van der Waals surface area contributed by atoms with E-state index in [2.05, 4.69) is 67.5 Å². The molecule has 0 saturated carbocycles. The molecule has 10 heteroatoms. The van der Waals surface area contributed by atoms with Gasteiger partial charge in [-0.3, -0.25) is 4.79 Å². The van der Waals surface area contributed by atoms with Gasteiger partial charge in [0.05, 0.1) is 18.3 Å². The molecule has 202 valence electrons. The highest BCUT2D eigenvalue weighted by molar-refractivity contribution is 7.99. The van der Waals surface area contributed by atoms with Gasteiger partial charge in [0.2, 0.25) is 17.8 Å². The number of benzene rings is 1. The molecular formula is C26H43ClN6O2S. The molecule has 0 fully saturated rings. The Hall–Kier alpha value is -2.10. The van der Waals surface area contributed by atoms with Gasteiger partial charge in [-0.25, -0.2) is 0 Å². The van der Waals surface area contributed by atoms with Gasteiger partial charge >= 0.3 is 0 Å². The fourth-order valence-corrected chi connectivity index (χ4v) is 4.74. The normalized spacial score (nSPS) is 11.8. The number of para-hydroxylation sites is 1. The van der Waals surface area contributed by atoms with Gasteiger partial charge in [0.15, 0.2) is 5.16 Å². The van der Waals surface area contributed by atoms with E-state index in [9.17, 15) is 4.79 Å². The van der Waals surface area contributed by atoms with Crippen molar-refractivity contribution >= 4 is 46.9 Å². The lowest BCUT2D eigenvalue weighted by molar-refractivity contribution is -0.116. The first-order valence-electron chi connectivity index (χ1n) is 12.4. The number of aromatic nitrogens is 3. The van der Waals surface area contributed by atoms with Gasteiger partial charge in [0.1, 0.15) is 5.88 Å². The van der Waals surface area contributed by atoms with Gasteiger partial charge in [-0.2, -0.15) is 15.0 Å². The van der Waals surface area contributed by atoms with Crippen LogP contribution in [0, 0.1) is 6.92 Å². The van der Waals surface area contributed by atoms with Crippen LogP contribution in [0.3, 0.4) is 0 Å². The average Bonchev–Trinajstić information content (AvgIpc) is 2.80. The number of hydrogen-bond acceptors (Lipinski definition) is 8. The van der Waals surface area contributed by atoms with Crippen LogP contribution < -0.4 is 15.5 Å². The van der Waals surface area contributed by atoms with Crippen molar-refractivity contribution in [3.8, 4) is 0 Å². The molecule has 0 aliphatic heterocycles. The van der Waals surface area contributed by atoms with Crippen LogP contribution in [0.2, 0.25) is 0 Å². The largest absolute Gasteiger partial charge is 0.383 e. The number of methoxy groups -OCH3 is 1. The number of anilines is 3. The lowest BCUT2D eigenvalue weighted by Gasteiger charge is -2.31. The number of carbonyl (C=O) groups excluding carboxylic acids is 1. The van der Waals surface area contributed by atoms with E-state index in [1.165, 1.54) is 0 Å². The minimum atomic E-state index is -0.0878. The van der Waals surface area contributed by atoms with Crippen molar-refractivity contribution in [3.63, 3.8) is 0 Å². The van der Waals surface area contributed by atoms with Crippen molar-refractivity contribution in [1.29, 1.82) is 0 Å². The van der Waals surface area contributed by atoms with Crippen molar-refractivity contribution in [1.82, 2.24) is 15.0 Å². The molecule has 2 aromatic rings. The van der Waals surface area contributed by atoms with Crippen LogP contribution in [0.25, 0.3) is 0 Å². The van der Waals surface area contributed by atoms with Gasteiger partial charge in [-0.05, 0) is 64.8 Å². The van der Waals surface area contributed by atoms with E-state index in [-0.39, 0.29) is 23.8 Å². The number of amides is 1. The Labute approximate surface area is 226 Å². The molecule has 0 aliphatic rings. The first-order chi connectivity index (χ1) is 17.0. The summed E-state index contributed by atoms with van der Waals surface area (Å²) in [6.07, 6.45) is 0.878. The van der Waals surface area contributed by atoms with E-state index < -0.39 is 0 Å². The van der Waals surface area contributed by atoms with Gasteiger partial charge in [0.25, 0.3) is 0 Å². The Kier molecular flexibility index (Phi) is 14.1. The van der Waals surface area contributed by atoms with Crippen molar-refractivity contribution in [2.24, 2.45) is 0 Å². The second kappa shape index (κ2) is 15.9. The summed E-state index contributed by atoms with van der Waals surface area (Å²) < 4.78 is 5.18. The van der Waals surface area contributed by atoms with Crippen molar-refractivity contribution in [3.05, 3.63) is 29.3 Å². The number of aryl methyl sites for hydroxylation is 2. The highest BCUT2D eigenvalue weighted by atomic mass is 35.5. The fourth-order valence-electron chi connectivity index (χ4n) is 4.05. The number of alkyl halides is 1. The number of thioether (sulfide) groups is 1. The number of hydrogen-bond donors (Lipinski definition) is 1. The molecule has 1 atom stereocenters. The lowest BCUT2D eigenvalue weighted by atomic mass is 10.0. The summed E-state index contributed by atoms with van der Waals surface area (Å²) in [6, 6.07) is 6.70. The minimum Gasteiger partial charge on any atom is -0.383 e. The standard InChI is InChI=1S/C15H22ClNO2.C11H21N5S/c1-5-13-8-6-7-11(2)15(13)17(14(18)9-16)12(3)10-19-4;1-6-17-11-14-9(12)13-10(15-11)16(7(2)3)8(4)5/h6-8,12H,5,9-10H2,1-4H3;7-8H,6H2,1-5H3,(H2,12,13,14,15). The van der Waals surface area contributed by atoms with Crippen molar-refractivity contribution in [2.45, 2.75) is 85.1 Å². The topological polar surface area (TPSA) is 97.5 Å². The third kappa shape index (κ3) is 9.09. The highest BCUT2D eigenvalue weighted by Crippen LogP contribution is 2.28. The summed E-state index contributed by atoms with van der Waals surface area (Å²) in [7, 11) is 1.64. The zero-order valence-corrected chi connectivity index (χ0v) is 24.8. The quantitative estimate of drug-likeness (QED) is 0.302. The van der Waals surface area contributed by atoms with Crippen LogP contribution in [-0.2, 0) is 16.0 Å². The third-order valence-corrected chi connectivity index (χ3v) is 6.37. The predicted molar refractivity (Wildman–Crippen MR) is 153 cm³/mol. The summed E-state index contributed by atoms with van der Waals surface area (Å²) in [5.74, 6) is 1.77. The Bertz CT molecular complexity index is 952. The van der Waals surface area contributed by atoms with Gasteiger partial charge < -0.3 is 20.3 Å². The predicted octanol–water partition coefficient (Wildman–Crippen LogP) is 5.35. The monoisotopic (exact) mass is 538 g/mol. The molecule has 0 saturated heterocycles. The summed E-state index contributed by atoms with van der Waals surface area (Å²) in [4.78, 5) is 28.9. The van der Waals surface area contributed by atoms with Crippen LogP contribution in [0.4, 0.5) is 17.6 Å². The SMILES string of the molecule is CCSc1nc(N)nc(N(C(C)C)C(C)C)n1.CCc1cccc(C)c1N(C(=O)CCl)C(C)COC. The molecule has 2 rings (SSSR count). The number of nitrogen functional groups attached to an aromatic ring is 1. The first-order valence-corrected chi connectivity index (χ1v) is 13.9. The molecule has 0 bridgehead atoms. The van der Waals surface area contributed by atoms with Crippen LogP contribution in [0.15, 0.2) is 23.4 Å². The van der Waals surface area contributed by atoms with Gasteiger partial charge in [0, 0.05) is 19.2 Å². The third-order valence-electron chi connectivity index (χ3n) is 5.41. The van der Waals surface area contributed by atoms with Crippen LogP contribution in [0.5, 0.6) is 0 Å². The minimum absolute atomic E-state index is 0.0223. The fraction of sp³-hybridized carbons (Fsp3) is 0.615. The molecule has 1 heterocycles. The number of rotatable bonds is 11. The van der Waals surface area contributed by atoms with Crippen molar-refractivity contribution in [2.75, 3.05) is 40.9 Å². The zero-order valence-electron chi connectivity index (χ0n) is 23.2. The first kappa shape index (κ1) is 31.9. The summed E-state index contributed by atoms with van der Waals surface area (Å²) in [6.45, 7) is 17.1. The average molecular weight is 539 g/mol. The number of nitrogens with two attached hydrogens (primary N) is 1. The van der Waals surface area contributed by atoms with Gasteiger partial charge in [-0.15, -0.1) is 11.6 Å². The summed E-state index contributed by atoms with van der Waals surface area (Å²) in [5, 5.41) is 0.696. The molecule has 1 amide bonds. The molecule has 1 aromatic heterocycles.